The Bertz CT molecular complexity index is 1960. The van der Waals surface area contributed by atoms with Crippen LogP contribution in [0.1, 0.15) is 69.4 Å². The van der Waals surface area contributed by atoms with Crippen molar-refractivity contribution in [2.24, 2.45) is 0 Å². The van der Waals surface area contributed by atoms with Crippen molar-refractivity contribution in [2.45, 2.75) is 64.5 Å². The molecule has 13 heteroatoms. The molecule has 0 aliphatic carbocycles. The molecule has 1 atom stereocenters. The Labute approximate surface area is 312 Å². The number of allylic oxidation sites excluding steroid dienone is 1. The number of carbonyl (C=O) groups is 2. The van der Waals surface area contributed by atoms with Gasteiger partial charge in [-0.15, -0.1) is 5.10 Å². The summed E-state index contributed by atoms with van der Waals surface area (Å²) >= 11 is 0. The molecule has 1 aliphatic rings. The molecule has 1 unspecified atom stereocenters. The summed E-state index contributed by atoms with van der Waals surface area (Å²) < 4.78 is 77.1. The number of hydrogen-bond acceptors (Lipinski definition) is 6. The molecule has 4 aromatic rings. The summed E-state index contributed by atoms with van der Waals surface area (Å²) in [5.74, 6) is -0.557. The summed E-state index contributed by atoms with van der Waals surface area (Å²) in [6.07, 6.45) is -1.35. The van der Waals surface area contributed by atoms with E-state index in [4.69, 9.17) is 14.2 Å². The molecule has 2 heterocycles. The van der Waals surface area contributed by atoms with Crippen LogP contribution >= 0.6 is 0 Å². The fraction of sp³-hybridized carbons (Fsp3) is 0.390. The van der Waals surface area contributed by atoms with Gasteiger partial charge < -0.3 is 24.0 Å². The quantitative estimate of drug-likeness (QED) is 0.0817. The van der Waals surface area contributed by atoms with E-state index in [1.54, 1.807) is 114 Å². The Morgan fingerprint density at radius 3 is 2.30 bits per heavy atom. The molecule has 1 aliphatic heterocycles. The molecule has 9 nitrogen and oxygen atoms in total. The maximum absolute atomic E-state index is 15.4. The molecule has 5 rings (SSSR count). The number of amides is 2. The van der Waals surface area contributed by atoms with Gasteiger partial charge in [0.1, 0.15) is 18.0 Å². The highest BCUT2D eigenvalue weighted by molar-refractivity contribution is 6.00. The van der Waals surface area contributed by atoms with Crippen LogP contribution in [-0.4, -0.2) is 83.8 Å². The van der Waals surface area contributed by atoms with Crippen molar-refractivity contribution in [2.75, 3.05) is 40.4 Å². The van der Waals surface area contributed by atoms with Gasteiger partial charge in [-0.25, -0.2) is 9.48 Å². The van der Waals surface area contributed by atoms with Gasteiger partial charge in [-0.3, -0.25) is 4.79 Å². The van der Waals surface area contributed by atoms with Crippen molar-refractivity contribution in [1.29, 1.82) is 0 Å². The Morgan fingerprint density at radius 2 is 1.67 bits per heavy atom. The van der Waals surface area contributed by atoms with Gasteiger partial charge in [0.05, 0.1) is 23.9 Å². The fourth-order valence-corrected chi connectivity index (χ4v) is 6.09. The lowest BCUT2D eigenvalue weighted by Gasteiger charge is -2.26. The van der Waals surface area contributed by atoms with Crippen LogP contribution in [0.3, 0.4) is 0 Å². The first kappa shape index (κ1) is 40.0. The number of aromatic nitrogens is 2. The minimum atomic E-state index is -4.55. The van der Waals surface area contributed by atoms with Gasteiger partial charge >= 0.3 is 12.3 Å². The molecule has 0 N–H and O–H groups in total. The number of benzene rings is 3. The van der Waals surface area contributed by atoms with E-state index in [-0.39, 0.29) is 42.1 Å². The average molecular weight is 751 g/mol. The number of carbonyl (C=O) groups excluding carboxylic acids is 2. The molecule has 0 bridgehead atoms. The van der Waals surface area contributed by atoms with Crippen LogP contribution in [0.25, 0.3) is 22.0 Å². The van der Waals surface area contributed by atoms with Crippen molar-refractivity contribution < 1.29 is 41.4 Å². The SMILES string of the molecule is CN(C)C(=O)/C=C/CN(CCOc1ccc(/C(=C(/CC(F)(F)F)c2ccccc2)c2ccc3c(c2)c(F)nn3C2CCCCO2)cc1)C(=O)OC(C)(C)C. The number of hydrogen-bond donors (Lipinski definition) is 0. The van der Waals surface area contributed by atoms with Gasteiger partial charge in [-0.1, -0.05) is 54.6 Å². The third-order valence-electron chi connectivity index (χ3n) is 8.63. The average Bonchev–Trinajstić information content (AvgIpc) is 3.46. The lowest BCUT2D eigenvalue weighted by Crippen LogP contribution is -2.39. The lowest BCUT2D eigenvalue weighted by atomic mass is 9.87. The zero-order chi connectivity index (χ0) is 39.0. The van der Waals surface area contributed by atoms with Crippen LogP contribution in [0.2, 0.25) is 0 Å². The summed E-state index contributed by atoms with van der Waals surface area (Å²) in [4.78, 5) is 27.7. The van der Waals surface area contributed by atoms with E-state index in [9.17, 15) is 22.8 Å². The number of nitrogens with zero attached hydrogens (tertiary/aromatic N) is 4. The van der Waals surface area contributed by atoms with Crippen LogP contribution < -0.4 is 4.74 Å². The van der Waals surface area contributed by atoms with E-state index in [0.717, 1.165) is 12.8 Å². The van der Waals surface area contributed by atoms with Gasteiger partial charge in [0, 0.05) is 33.3 Å². The van der Waals surface area contributed by atoms with Gasteiger partial charge in [0.2, 0.25) is 11.9 Å². The van der Waals surface area contributed by atoms with Crippen molar-refractivity contribution in [3.05, 3.63) is 108 Å². The summed E-state index contributed by atoms with van der Waals surface area (Å²) in [6.45, 7) is 6.07. The van der Waals surface area contributed by atoms with Crippen LogP contribution in [0.5, 0.6) is 5.75 Å². The number of likely N-dealkylation sites (N-methyl/N-ethyl adjacent to an activating group) is 1. The molecular weight excluding hydrogens is 704 g/mol. The maximum Gasteiger partial charge on any atom is 0.410 e. The third-order valence-corrected chi connectivity index (χ3v) is 8.63. The summed E-state index contributed by atoms with van der Waals surface area (Å²) in [6, 6.07) is 19.8. The van der Waals surface area contributed by atoms with Crippen LogP contribution in [-0.2, 0) is 14.3 Å². The molecule has 1 aromatic heterocycles. The second-order valence-corrected chi connectivity index (χ2v) is 14.2. The standard InChI is InChI=1S/C41H46F4N4O5/c1-40(2,3)54-39(51)48(22-11-14-35(50)47(4)5)23-25-52-31-19-16-29(17-20-31)37(33(27-41(43,44)45)28-12-7-6-8-13-28)30-18-21-34-32(26-30)38(42)46-49(34)36-15-9-10-24-53-36/h6-8,11-14,16-21,26,36H,9-10,15,22-25,27H2,1-5H3/b14-11+,37-33+. The Hall–Kier alpha value is -5.17. The van der Waals surface area contributed by atoms with Gasteiger partial charge in [0.25, 0.3) is 0 Å². The second-order valence-electron chi connectivity index (χ2n) is 14.2. The first-order valence-corrected chi connectivity index (χ1v) is 17.8. The number of fused-ring (bicyclic) bond motifs is 1. The largest absolute Gasteiger partial charge is 0.492 e. The first-order valence-electron chi connectivity index (χ1n) is 17.8. The minimum Gasteiger partial charge on any atom is -0.492 e. The molecule has 1 fully saturated rings. The molecule has 1 saturated heterocycles. The van der Waals surface area contributed by atoms with Crippen LogP contribution in [0, 0.1) is 5.95 Å². The first-order chi connectivity index (χ1) is 25.6. The van der Waals surface area contributed by atoms with E-state index in [1.807, 2.05) is 0 Å². The lowest BCUT2D eigenvalue weighted by molar-refractivity contribution is -0.124. The highest BCUT2D eigenvalue weighted by atomic mass is 19.4. The van der Waals surface area contributed by atoms with Gasteiger partial charge in [0.15, 0.2) is 6.23 Å². The molecule has 0 saturated carbocycles. The Kier molecular flexibility index (Phi) is 12.8. The summed E-state index contributed by atoms with van der Waals surface area (Å²) in [7, 11) is 3.24. The Morgan fingerprint density at radius 1 is 0.963 bits per heavy atom. The molecular formula is C41H46F4N4O5. The summed E-state index contributed by atoms with van der Waals surface area (Å²) in [5.41, 5.74) is 1.27. The van der Waals surface area contributed by atoms with E-state index in [1.165, 1.54) is 20.6 Å². The molecule has 0 spiro atoms. The van der Waals surface area contributed by atoms with Crippen LogP contribution in [0.15, 0.2) is 84.9 Å². The third kappa shape index (κ3) is 10.7. The molecule has 0 radical (unpaired) electrons. The Balaban J connectivity index is 1.46. The smallest absolute Gasteiger partial charge is 0.410 e. The number of rotatable bonds is 12. The van der Waals surface area contributed by atoms with Crippen molar-refractivity contribution >= 4 is 34.0 Å². The van der Waals surface area contributed by atoms with E-state index < -0.39 is 36.5 Å². The predicted molar refractivity (Wildman–Crippen MR) is 199 cm³/mol. The normalized spacial score (nSPS) is 15.6. The molecule has 54 heavy (non-hydrogen) atoms. The van der Waals surface area contributed by atoms with Gasteiger partial charge in [-0.05, 0) is 92.1 Å². The minimum absolute atomic E-state index is 0.0216. The second kappa shape index (κ2) is 17.3. The maximum atomic E-state index is 15.4. The topological polar surface area (TPSA) is 86.1 Å². The molecule has 288 valence electrons. The molecule has 3 aromatic carbocycles. The van der Waals surface area contributed by atoms with E-state index in [2.05, 4.69) is 5.10 Å². The highest BCUT2D eigenvalue weighted by Gasteiger charge is 2.32. The monoisotopic (exact) mass is 750 g/mol. The zero-order valence-electron chi connectivity index (χ0n) is 31.2. The van der Waals surface area contributed by atoms with Crippen molar-refractivity contribution in [3.8, 4) is 5.75 Å². The van der Waals surface area contributed by atoms with E-state index in [0.29, 0.717) is 41.0 Å². The number of ether oxygens (including phenoxy) is 3. The van der Waals surface area contributed by atoms with Crippen LogP contribution in [0.4, 0.5) is 22.4 Å². The van der Waals surface area contributed by atoms with Gasteiger partial charge in [-0.2, -0.15) is 17.6 Å². The molecule has 2 amide bonds. The zero-order valence-corrected chi connectivity index (χ0v) is 31.2. The predicted octanol–water partition coefficient (Wildman–Crippen LogP) is 9.05. The van der Waals surface area contributed by atoms with E-state index >= 15 is 4.39 Å². The van der Waals surface area contributed by atoms with Crippen molar-refractivity contribution in [1.82, 2.24) is 19.6 Å². The summed E-state index contributed by atoms with van der Waals surface area (Å²) in [5, 5.41) is 4.30. The van der Waals surface area contributed by atoms with Crippen molar-refractivity contribution in [3.63, 3.8) is 0 Å². The number of alkyl halides is 3. The fourth-order valence-electron chi connectivity index (χ4n) is 6.09. The number of halogens is 4. The highest BCUT2D eigenvalue weighted by Crippen LogP contribution is 2.41.